The minimum atomic E-state index is 0.496. The molecule has 2 aromatic rings. The van der Waals surface area contributed by atoms with E-state index in [1.54, 1.807) is 0 Å². The second kappa shape index (κ2) is 6.31. The maximum atomic E-state index is 5.92. The third-order valence-electron chi connectivity index (χ3n) is 2.41. The zero-order chi connectivity index (χ0) is 12.8. The SMILES string of the molecule is CCOc1cccc(OCc2cccc(Cl)c2)c1. The van der Waals surface area contributed by atoms with Gasteiger partial charge in [0, 0.05) is 11.1 Å². The predicted octanol–water partition coefficient (Wildman–Crippen LogP) is 4.32. The van der Waals surface area contributed by atoms with E-state index in [-0.39, 0.29) is 0 Å². The first-order chi connectivity index (χ1) is 8.78. The minimum Gasteiger partial charge on any atom is -0.494 e. The Morgan fingerprint density at radius 3 is 2.39 bits per heavy atom. The normalized spacial score (nSPS) is 10.1. The molecular formula is C15H15ClO2. The topological polar surface area (TPSA) is 18.5 Å². The maximum Gasteiger partial charge on any atom is 0.123 e. The van der Waals surface area contributed by atoms with Crippen LogP contribution in [0.15, 0.2) is 48.5 Å². The summed E-state index contributed by atoms with van der Waals surface area (Å²) in [6.07, 6.45) is 0. The minimum absolute atomic E-state index is 0.496. The molecule has 0 bridgehead atoms. The lowest BCUT2D eigenvalue weighted by molar-refractivity contribution is 0.299. The third-order valence-corrected chi connectivity index (χ3v) is 2.65. The van der Waals surface area contributed by atoms with Crippen LogP contribution in [0.4, 0.5) is 0 Å². The van der Waals surface area contributed by atoms with Crippen LogP contribution < -0.4 is 9.47 Å². The highest BCUT2D eigenvalue weighted by molar-refractivity contribution is 6.30. The van der Waals surface area contributed by atoms with Gasteiger partial charge in [-0.15, -0.1) is 0 Å². The molecule has 0 unspecified atom stereocenters. The molecule has 0 aliphatic carbocycles. The quantitative estimate of drug-likeness (QED) is 0.799. The molecule has 0 N–H and O–H groups in total. The lowest BCUT2D eigenvalue weighted by Gasteiger charge is -2.08. The Hall–Kier alpha value is -1.67. The van der Waals surface area contributed by atoms with Gasteiger partial charge < -0.3 is 9.47 Å². The van der Waals surface area contributed by atoms with Gasteiger partial charge in [-0.1, -0.05) is 29.8 Å². The fourth-order valence-corrected chi connectivity index (χ4v) is 1.83. The van der Waals surface area contributed by atoms with Crippen LogP contribution in [0.2, 0.25) is 5.02 Å². The van der Waals surface area contributed by atoms with Crippen LogP contribution in [0.3, 0.4) is 0 Å². The Labute approximate surface area is 112 Å². The Bertz CT molecular complexity index is 511. The van der Waals surface area contributed by atoms with E-state index in [4.69, 9.17) is 21.1 Å². The Morgan fingerprint density at radius 1 is 0.944 bits per heavy atom. The van der Waals surface area contributed by atoms with Crippen molar-refractivity contribution in [2.75, 3.05) is 6.61 Å². The van der Waals surface area contributed by atoms with Crippen molar-refractivity contribution < 1.29 is 9.47 Å². The summed E-state index contributed by atoms with van der Waals surface area (Å²) in [5.74, 6) is 1.61. The second-order valence-electron chi connectivity index (χ2n) is 3.83. The number of benzene rings is 2. The van der Waals surface area contributed by atoms with Gasteiger partial charge in [-0.25, -0.2) is 0 Å². The average Bonchev–Trinajstić information content (AvgIpc) is 2.37. The van der Waals surface area contributed by atoms with Crippen LogP contribution in [-0.2, 0) is 6.61 Å². The van der Waals surface area contributed by atoms with Crippen LogP contribution in [0.5, 0.6) is 11.5 Å². The molecule has 0 aliphatic rings. The van der Waals surface area contributed by atoms with Gasteiger partial charge >= 0.3 is 0 Å². The summed E-state index contributed by atoms with van der Waals surface area (Å²) in [6.45, 7) is 3.10. The van der Waals surface area contributed by atoms with Crippen LogP contribution in [0.1, 0.15) is 12.5 Å². The molecule has 0 atom stereocenters. The van der Waals surface area contributed by atoms with E-state index in [0.717, 1.165) is 22.1 Å². The van der Waals surface area contributed by atoms with E-state index in [1.807, 2.05) is 55.5 Å². The zero-order valence-electron chi connectivity index (χ0n) is 10.2. The molecule has 2 rings (SSSR count). The summed E-state index contributed by atoms with van der Waals surface area (Å²) in [7, 11) is 0. The highest BCUT2D eigenvalue weighted by Gasteiger charge is 1.99. The van der Waals surface area contributed by atoms with Gasteiger partial charge in [0.1, 0.15) is 18.1 Å². The van der Waals surface area contributed by atoms with Crippen LogP contribution in [0.25, 0.3) is 0 Å². The number of halogens is 1. The predicted molar refractivity (Wildman–Crippen MR) is 73.4 cm³/mol. The van der Waals surface area contributed by atoms with E-state index in [9.17, 15) is 0 Å². The molecule has 18 heavy (non-hydrogen) atoms. The first-order valence-electron chi connectivity index (χ1n) is 5.88. The molecule has 2 aromatic carbocycles. The van der Waals surface area contributed by atoms with E-state index in [0.29, 0.717) is 13.2 Å². The molecule has 3 heteroatoms. The molecular weight excluding hydrogens is 248 g/mol. The van der Waals surface area contributed by atoms with Crippen molar-refractivity contribution >= 4 is 11.6 Å². The summed E-state index contributed by atoms with van der Waals surface area (Å²) in [5, 5.41) is 0.721. The Morgan fingerprint density at radius 2 is 1.67 bits per heavy atom. The molecule has 0 radical (unpaired) electrons. The van der Waals surface area contributed by atoms with Crippen LogP contribution in [-0.4, -0.2) is 6.61 Å². The monoisotopic (exact) mass is 262 g/mol. The Kier molecular flexibility index (Phi) is 4.48. The smallest absolute Gasteiger partial charge is 0.123 e. The molecule has 0 saturated heterocycles. The third kappa shape index (κ3) is 3.67. The highest BCUT2D eigenvalue weighted by Crippen LogP contribution is 2.21. The van der Waals surface area contributed by atoms with Gasteiger partial charge in [0.2, 0.25) is 0 Å². The number of rotatable bonds is 5. The second-order valence-corrected chi connectivity index (χ2v) is 4.26. The first-order valence-corrected chi connectivity index (χ1v) is 6.26. The largest absolute Gasteiger partial charge is 0.494 e. The van der Waals surface area contributed by atoms with Crippen molar-refractivity contribution in [3.05, 3.63) is 59.1 Å². The fraction of sp³-hybridized carbons (Fsp3) is 0.200. The van der Waals surface area contributed by atoms with Gasteiger partial charge in [0.25, 0.3) is 0 Å². The van der Waals surface area contributed by atoms with Gasteiger partial charge in [0.15, 0.2) is 0 Å². The van der Waals surface area contributed by atoms with Crippen LogP contribution >= 0.6 is 11.6 Å². The van der Waals surface area contributed by atoms with Gasteiger partial charge in [-0.3, -0.25) is 0 Å². The zero-order valence-corrected chi connectivity index (χ0v) is 11.0. The average molecular weight is 263 g/mol. The summed E-state index contributed by atoms with van der Waals surface area (Å²) < 4.78 is 11.1. The van der Waals surface area contributed by atoms with Crippen molar-refractivity contribution in [2.24, 2.45) is 0 Å². The van der Waals surface area contributed by atoms with E-state index in [1.165, 1.54) is 0 Å². The van der Waals surface area contributed by atoms with Crippen LogP contribution in [0, 0.1) is 0 Å². The van der Waals surface area contributed by atoms with Crippen molar-refractivity contribution in [1.29, 1.82) is 0 Å². The van der Waals surface area contributed by atoms with Crippen molar-refractivity contribution in [2.45, 2.75) is 13.5 Å². The van der Waals surface area contributed by atoms with Gasteiger partial charge in [-0.05, 0) is 36.8 Å². The summed E-state index contributed by atoms with van der Waals surface area (Å²) >= 11 is 5.92. The molecule has 0 aromatic heterocycles. The fourth-order valence-electron chi connectivity index (χ4n) is 1.61. The van der Waals surface area contributed by atoms with Crippen molar-refractivity contribution in [3.63, 3.8) is 0 Å². The molecule has 2 nitrogen and oxygen atoms in total. The molecule has 0 aliphatic heterocycles. The van der Waals surface area contributed by atoms with Gasteiger partial charge in [-0.2, -0.15) is 0 Å². The standard InChI is InChI=1S/C15H15ClO2/c1-2-17-14-7-4-8-15(10-14)18-11-12-5-3-6-13(16)9-12/h3-10H,2,11H2,1H3. The van der Waals surface area contributed by atoms with Crippen molar-refractivity contribution in [3.8, 4) is 11.5 Å². The molecule has 0 saturated carbocycles. The van der Waals surface area contributed by atoms with E-state index >= 15 is 0 Å². The summed E-state index contributed by atoms with van der Waals surface area (Å²) in [4.78, 5) is 0. The molecule has 0 amide bonds. The van der Waals surface area contributed by atoms with Gasteiger partial charge in [0.05, 0.1) is 6.61 Å². The molecule has 94 valence electrons. The summed E-state index contributed by atoms with van der Waals surface area (Å²) in [6, 6.07) is 15.3. The summed E-state index contributed by atoms with van der Waals surface area (Å²) in [5.41, 5.74) is 1.05. The number of ether oxygens (including phenoxy) is 2. The lowest BCUT2D eigenvalue weighted by Crippen LogP contribution is -1.96. The molecule has 0 spiro atoms. The van der Waals surface area contributed by atoms with E-state index in [2.05, 4.69) is 0 Å². The van der Waals surface area contributed by atoms with E-state index < -0.39 is 0 Å². The number of hydrogen-bond acceptors (Lipinski definition) is 2. The van der Waals surface area contributed by atoms with Crippen molar-refractivity contribution in [1.82, 2.24) is 0 Å². The number of hydrogen-bond donors (Lipinski definition) is 0. The molecule has 0 heterocycles. The highest BCUT2D eigenvalue weighted by atomic mass is 35.5. The molecule has 0 fully saturated rings. The Balaban J connectivity index is 1.99. The maximum absolute atomic E-state index is 5.92. The first kappa shape index (κ1) is 12.8. The lowest BCUT2D eigenvalue weighted by atomic mass is 10.2.